The van der Waals surface area contributed by atoms with Crippen LogP contribution in [0.4, 0.5) is 5.69 Å². The smallest absolute Gasteiger partial charge is 0.174 e. The predicted molar refractivity (Wildman–Crippen MR) is 149 cm³/mol. The first-order valence-electron chi connectivity index (χ1n) is 12.1. The third-order valence-electron chi connectivity index (χ3n) is 6.56. The third kappa shape index (κ3) is 4.45. The fourth-order valence-corrected chi connectivity index (χ4v) is 5.13. The summed E-state index contributed by atoms with van der Waals surface area (Å²) in [5, 5.41) is 4.18. The first kappa shape index (κ1) is 22.9. The van der Waals surface area contributed by atoms with E-state index in [9.17, 15) is 0 Å². The Kier molecular flexibility index (Phi) is 6.12. The van der Waals surface area contributed by atoms with Crippen molar-refractivity contribution < 1.29 is 4.74 Å². The average molecular weight is 504 g/mol. The van der Waals surface area contributed by atoms with Gasteiger partial charge in [0, 0.05) is 41.9 Å². The summed E-state index contributed by atoms with van der Waals surface area (Å²) in [5.41, 5.74) is 5.12. The van der Waals surface area contributed by atoms with E-state index < -0.39 is 0 Å². The van der Waals surface area contributed by atoms with E-state index in [0.29, 0.717) is 5.11 Å². The molecule has 1 saturated heterocycles. The molecule has 1 N–H and O–H groups in total. The second kappa shape index (κ2) is 9.87. The van der Waals surface area contributed by atoms with Gasteiger partial charge in [-0.2, -0.15) is 0 Å². The number of hydrogen-bond acceptors (Lipinski definition) is 4. The molecule has 37 heavy (non-hydrogen) atoms. The normalized spacial score (nSPS) is 17.0. The lowest BCUT2D eigenvalue weighted by atomic mass is 10.0. The lowest BCUT2D eigenvalue weighted by Gasteiger charge is -2.29. The summed E-state index contributed by atoms with van der Waals surface area (Å²) < 4.78 is 8.31. The molecule has 2 aromatic carbocycles. The van der Waals surface area contributed by atoms with Gasteiger partial charge >= 0.3 is 0 Å². The molecule has 6 nitrogen and oxygen atoms in total. The highest BCUT2D eigenvalue weighted by Crippen LogP contribution is 2.42. The Balaban J connectivity index is 1.39. The lowest BCUT2D eigenvalue weighted by molar-refractivity contribution is 0.479. The van der Waals surface area contributed by atoms with Crippen LogP contribution in [0.15, 0.2) is 116 Å². The molecule has 0 spiro atoms. The van der Waals surface area contributed by atoms with Crippen molar-refractivity contribution in [3.8, 4) is 17.2 Å². The van der Waals surface area contributed by atoms with Crippen molar-refractivity contribution in [2.75, 3.05) is 4.90 Å². The molecule has 2 atom stereocenters. The zero-order valence-corrected chi connectivity index (χ0v) is 21.0. The number of pyridine rings is 2. The second-order valence-electron chi connectivity index (χ2n) is 8.87. The van der Waals surface area contributed by atoms with Gasteiger partial charge in [-0.3, -0.25) is 9.97 Å². The van der Waals surface area contributed by atoms with E-state index in [0.717, 1.165) is 39.8 Å². The number of hydrogen-bond donors (Lipinski definition) is 1. The quantitative estimate of drug-likeness (QED) is 0.265. The summed E-state index contributed by atoms with van der Waals surface area (Å²) in [6, 6.07) is 30.0. The number of nitrogens with one attached hydrogen (secondary N) is 1. The molecule has 3 aromatic heterocycles. The first-order valence-corrected chi connectivity index (χ1v) is 12.5. The second-order valence-corrected chi connectivity index (χ2v) is 9.25. The summed E-state index contributed by atoms with van der Waals surface area (Å²) in [4.78, 5) is 11.0. The molecule has 0 bridgehead atoms. The van der Waals surface area contributed by atoms with Crippen LogP contribution in [0.25, 0.3) is 5.69 Å². The van der Waals surface area contributed by atoms with E-state index in [2.05, 4.69) is 55.2 Å². The molecule has 0 radical (unpaired) electrons. The average Bonchev–Trinajstić information content (AvgIpc) is 3.56. The number of aromatic nitrogens is 3. The summed E-state index contributed by atoms with van der Waals surface area (Å²) in [6.07, 6.45) is 7.49. The molecule has 0 aliphatic carbocycles. The van der Waals surface area contributed by atoms with Gasteiger partial charge in [-0.05, 0) is 91.4 Å². The summed E-state index contributed by atoms with van der Waals surface area (Å²) >= 11 is 5.90. The van der Waals surface area contributed by atoms with E-state index in [-0.39, 0.29) is 12.1 Å². The van der Waals surface area contributed by atoms with Gasteiger partial charge in [0.1, 0.15) is 17.5 Å². The maximum Gasteiger partial charge on any atom is 0.174 e. The molecule has 1 aliphatic rings. The van der Waals surface area contributed by atoms with Crippen molar-refractivity contribution >= 4 is 23.0 Å². The van der Waals surface area contributed by atoms with Gasteiger partial charge in [0.15, 0.2) is 5.11 Å². The number of thiocarbonyl (C=S) groups is 1. The highest BCUT2D eigenvalue weighted by molar-refractivity contribution is 7.80. The van der Waals surface area contributed by atoms with Crippen LogP contribution in [0.1, 0.15) is 29.0 Å². The van der Waals surface area contributed by atoms with E-state index in [1.54, 1.807) is 12.4 Å². The molecule has 5 aromatic rings. The van der Waals surface area contributed by atoms with Gasteiger partial charge in [-0.1, -0.05) is 24.3 Å². The molecule has 6 rings (SSSR count). The number of anilines is 1. The number of aryl methyl sites for hydroxylation is 1. The van der Waals surface area contributed by atoms with Crippen molar-refractivity contribution in [1.29, 1.82) is 0 Å². The van der Waals surface area contributed by atoms with Crippen LogP contribution in [0, 0.1) is 6.92 Å². The number of benzene rings is 2. The van der Waals surface area contributed by atoms with Crippen LogP contribution in [-0.4, -0.2) is 19.6 Å². The van der Waals surface area contributed by atoms with E-state index in [1.165, 1.54) is 0 Å². The van der Waals surface area contributed by atoms with Crippen molar-refractivity contribution in [2.45, 2.75) is 19.0 Å². The van der Waals surface area contributed by atoms with Crippen molar-refractivity contribution in [2.24, 2.45) is 0 Å². The largest absolute Gasteiger partial charge is 0.457 e. The minimum absolute atomic E-state index is 0.131. The van der Waals surface area contributed by atoms with Gasteiger partial charge in [0.2, 0.25) is 0 Å². The van der Waals surface area contributed by atoms with E-state index in [4.69, 9.17) is 17.0 Å². The van der Waals surface area contributed by atoms with Gasteiger partial charge in [-0.25, -0.2) is 0 Å². The minimum atomic E-state index is -0.132. The Bertz CT molecular complexity index is 1520. The fourth-order valence-electron chi connectivity index (χ4n) is 4.78. The standard InChI is InChI=1S/C30H25N5OS/c1-21-7-2-3-10-27(21)36-24-13-11-23(12-14-24)35-29(28(33-30(35)37)25-8-4-5-17-32-25)26-9-6-20-34(26)22-15-18-31-19-16-22/h2-20,28-29H,1H3,(H,33,37)/t28-,29-/m1/s1. The van der Waals surface area contributed by atoms with Crippen LogP contribution >= 0.6 is 12.2 Å². The third-order valence-corrected chi connectivity index (χ3v) is 6.87. The van der Waals surface area contributed by atoms with Gasteiger partial charge < -0.3 is 19.5 Å². The Hall–Kier alpha value is -4.49. The molecule has 1 fully saturated rings. The summed E-state index contributed by atoms with van der Waals surface area (Å²) in [7, 11) is 0. The topological polar surface area (TPSA) is 55.2 Å². The van der Waals surface area contributed by atoms with Crippen molar-refractivity contribution in [3.05, 3.63) is 133 Å². The Morgan fingerprint density at radius 1 is 0.811 bits per heavy atom. The van der Waals surface area contributed by atoms with Crippen LogP contribution in [0.5, 0.6) is 11.5 Å². The zero-order chi connectivity index (χ0) is 25.2. The predicted octanol–water partition coefficient (Wildman–Crippen LogP) is 6.55. The van der Waals surface area contributed by atoms with Crippen molar-refractivity contribution in [1.82, 2.24) is 19.9 Å². The molecular formula is C30H25N5OS. The SMILES string of the molecule is Cc1ccccc1Oc1ccc(N2C(=S)N[C@H](c3ccccn3)[C@H]2c2cccn2-c2ccncc2)cc1. The van der Waals surface area contributed by atoms with Crippen LogP contribution < -0.4 is 15.0 Å². The maximum atomic E-state index is 6.13. The summed E-state index contributed by atoms with van der Waals surface area (Å²) in [5.74, 6) is 1.62. The Morgan fingerprint density at radius 3 is 2.35 bits per heavy atom. The van der Waals surface area contributed by atoms with Crippen LogP contribution in [-0.2, 0) is 0 Å². The first-order chi connectivity index (χ1) is 18.2. The number of para-hydroxylation sites is 1. The van der Waals surface area contributed by atoms with E-state index >= 15 is 0 Å². The fraction of sp³-hybridized carbons (Fsp3) is 0.100. The van der Waals surface area contributed by atoms with Gasteiger partial charge in [0.25, 0.3) is 0 Å². The number of rotatable bonds is 6. The molecule has 0 amide bonds. The molecule has 4 heterocycles. The van der Waals surface area contributed by atoms with Crippen LogP contribution in [0.3, 0.4) is 0 Å². The van der Waals surface area contributed by atoms with Crippen LogP contribution in [0.2, 0.25) is 0 Å². The Morgan fingerprint density at radius 2 is 1.59 bits per heavy atom. The number of ether oxygens (including phenoxy) is 1. The van der Waals surface area contributed by atoms with Crippen molar-refractivity contribution in [3.63, 3.8) is 0 Å². The van der Waals surface area contributed by atoms with Gasteiger partial charge in [0.05, 0.1) is 11.7 Å². The lowest BCUT2D eigenvalue weighted by Crippen LogP contribution is -2.30. The summed E-state index contributed by atoms with van der Waals surface area (Å²) in [6.45, 7) is 2.04. The highest BCUT2D eigenvalue weighted by Gasteiger charge is 2.42. The molecule has 1 aliphatic heterocycles. The molecule has 0 unspecified atom stereocenters. The Labute approximate surface area is 221 Å². The molecular weight excluding hydrogens is 478 g/mol. The molecule has 0 saturated carbocycles. The number of nitrogens with zero attached hydrogens (tertiary/aromatic N) is 4. The maximum absolute atomic E-state index is 6.13. The molecule has 182 valence electrons. The molecule has 7 heteroatoms. The highest BCUT2D eigenvalue weighted by atomic mass is 32.1. The van der Waals surface area contributed by atoms with E-state index in [1.807, 2.05) is 79.9 Å². The monoisotopic (exact) mass is 503 g/mol. The minimum Gasteiger partial charge on any atom is -0.457 e. The van der Waals surface area contributed by atoms with Gasteiger partial charge in [-0.15, -0.1) is 0 Å². The zero-order valence-electron chi connectivity index (χ0n) is 20.2.